The number of hydrogen-bond donors (Lipinski definition) is 2. The Labute approximate surface area is 169 Å². The quantitative estimate of drug-likeness (QED) is 0.680. The minimum atomic E-state index is 0. The van der Waals surface area contributed by atoms with Gasteiger partial charge in [-0.1, -0.05) is 18.2 Å². The highest BCUT2D eigenvalue weighted by Crippen LogP contribution is 2.39. The molecule has 3 nitrogen and oxygen atoms in total. The summed E-state index contributed by atoms with van der Waals surface area (Å²) in [7, 11) is 3.77. The largest absolute Gasteiger partial charge is 0.497 e. The summed E-state index contributed by atoms with van der Waals surface area (Å²) in [6.07, 6.45) is 4.84. The molecular weight excluding hydrogens is 367 g/mol. The third-order valence-corrected chi connectivity index (χ3v) is 5.19. The van der Waals surface area contributed by atoms with Crippen LogP contribution in [0, 0.1) is 0 Å². The number of hydrogen-bond acceptors (Lipinski definition) is 3. The Morgan fingerprint density at radius 3 is 2.69 bits per heavy atom. The Bertz CT molecular complexity index is 693. The second-order valence-electron chi connectivity index (χ2n) is 6.81. The Balaban J connectivity index is 0.00000169. The molecule has 0 fully saturated rings. The summed E-state index contributed by atoms with van der Waals surface area (Å²) in [5.74, 6) is 2.06. The number of methoxy groups -OCH3 is 1. The number of anilines is 1. The number of aryl methyl sites for hydroxylation is 1. The van der Waals surface area contributed by atoms with Crippen molar-refractivity contribution in [1.82, 2.24) is 5.32 Å². The van der Waals surface area contributed by atoms with Crippen molar-refractivity contribution in [3.63, 3.8) is 0 Å². The molecule has 0 radical (unpaired) electrons. The zero-order chi connectivity index (χ0) is 16.9. The van der Waals surface area contributed by atoms with Crippen LogP contribution in [0.25, 0.3) is 0 Å². The van der Waals surface area contributed by atoms with Gasteiger partial charge in [0.15, 0.2) is 0 Å². The smallest absolute Gasteiger partial charge is 0.119 e. The summed E-state index contributed by atoms with van der Waals surface area (Å²) in [6, 6.07) is 14.9. The predicted molar refractivity (Wildman–Crippen MR) is 115 cm³/mol. The fraction of sp³-hybridized carbons (Fsp3) is 0.429. The molecule has 1 aliphatic rings. The van der Waals surface area contributed by atoms with E-state index in [-0.39, 0.29) is 24.8 Å². The van der Waals surface area contributed by atoms with Crippen molar-refractivity contribution in [1.29, 1.82) is 0 Å². The third kappa shape index (κ3) is 5.29. The Kier molecular flexibility index (Phi) is 9.28. The van der Waals surface area contributed by atoms with Crippen LogP contribution >= 0.6 is 24.8 Å². The van der Waals surface area contributed by atoms with E-state index < -0.39 is 0 Å². The molecule has 3 rings (SSSR count). The predicted octanol–water partition coefficient (Wildman–Crippen LogP) is 4.93. The van der Waals surface area contributed by atoms with Crippen LogP contribution in [0.4, 0.5) is 5.69 Å². The standard InChI is InChI=1S/C21H28N2O.2ClH/c1-23-14-18(15-5-4-8-19(22)12-15)11-16-6-3-7-17-13-20(24-2)9-10-21(16)17;;/h4-5,8-10,12-13,16,18,23H,3,6-7,11,14,22H2,1-2H3;2*1H. The number of nitrogens with one attached hydrogen (secondary N) is 1. The molecule has 5 heteroatoms. The maximum atomic E-state index is 6.00. The molecule has 0 saturated heterocycles. The lowest BCUT2D eigenvalue weighted by Gasteiger charge is -2.29. The molecule has 26 heavy (non-hydrogen) atoms. The van der Waals surface area contributed by atoms with Crippen molar-refractivity contribution in [3.05, 3.63) is 59.2 Å². The number of nitrogens with two attached hydrogens (primary N) is 1. The number of ether oxygens (including phenoxy) is 1. The van der Waals surface area contributed by atoms with Crippen LogP contribution in [-0.4, -0.2) is 20.7 Å². The van der Waals surface area contributed by atoms with Gasteiger partial charge in [-0.15, -0.1) is 24.8 Å². The van der Waals surface area contributed by atoms with Crippen LogP contribution in [0.2, 0.25) is 0 Å². The fourth-order valence-corrected chi connectivity index (χ4v) is 4.00. The molecule has 144 valence electrons. The molecule has 2 aromatic carbocycles. The molecule has 0 heterocycles. The monoisotopic (exact) mass is 396 g/mol. The van der Waals surface area contributed by atoms with Gasteiger partial charge in [-0.05, 0) is 85.5 Å². The number of likely N-dealkylation sites (N-methyl/N-ethyl adjacent to an activating group) is 1. The van der Waals surface area contributed by atoms with E-state index in [1.54, 1.807) is 7.11 Å². The first-order valence-corrected chi connectivity index (χ1v) is 8.88. The van der Waals surface area contributed by atoms with Gasteiger partial charge in [-0.25, -0.2) is 0 Å². The number of rotatable bonds is 6. The van der Waals surface area contributed by atoms with E-state index in [0.717, 1.165) is 30.8 Å². The zero-order valence-corrected chi connectivity index (χ0v) is 17.2. The van der Waals surface area contributed by atoms with Gasteiger partial charge in [0.25, 0.3) is 0 Å². The summed E-state index contributed by atoms with van der Waals surface area (Å²) in [5, 5.41) is 3.36. The second-order valence-corrected chi connectivity index (χ2v) is 6.81. The van der Waals surface area contributed by atoms with Gasteiger partial charge in [-0.2, -0.15) is 0 Å². The maximum Gasteiger partial charge on any atom is 0.119 e. The van der Waals surface area contributed by atoms with Gasteiger partial charge in [-0.3, -0.25) is 0 Å². The Hall–Kier alpha value is -1.42. The number of nitrogen functional groups attached to an aromatic ring is 1. The van der Waals surface area contributed by atoms with Crippen molar-refractivity contribution in [2.75, 3.05) is 26.4 Å². The maximum absolute atomic E-state index is 6.00. The molecule has 0 aromatic heterocycles. The van der Waals surface area contributed by atoms with Crippen molar-refractivity contribution in [2.45, 2.75) is 37.5 Å². The molecule has 1 aliphatic carbocycles. The van der Waals surface area contributed by atoms with Crippen LogP contribution in [-0.2, 0) is 6.42 Å². The molecule has 2 unspecified atom stereocenters. The Morgan fingerprint density at radius 1 is 1.19 bits per heavy atom. The van der Waals surface area contributed by atoms with Crippen LogP contribution < -0.4 is 15.8 Å². The lowest BCUT2D eigenvalue weighted by Crippen LogP contribution is -2.21. The SMILES string of the molecule is CNCC(CC1CCCc2cc(OC)ccc21)c1cccc(N)c1.Cl.Cl. The van der Waals surface area contributed by atoms with Gasteiger partial charge in [0.05, 0.1) is 7.11 Å². The molecule has 0 spiro atoms. The summed E-state index contributed by atoms with van der Waals surface area (Å²) in [5.41, 5.74) is 11.2. The third-order valence-electron chi connectivity index (χ3n) is 5.19. The summed E-state index contributed by atoms with van der Waals surface area (Å²) in [6.45, 7) is 0.978. The number of benzene rings is 2. The minimum absolute atomic E-state index is 0. The normalized spacial score (nSPS) is 16.6. The van der Waals surface area contributed by atoms with E-state index in [1.807, 2.05) is 13.1 Å². The summed E-state index contributed by atoms with van der Waals surface area (Å²) >= 11 is 0. The van der Waals surface area contributed by atoms with Crippen molar-refractivity contribution < 1.29 is 4.74 Å². The lowest BCUT2D eigenvalue weighted by molar-refractivity contribution is 0.411. The van der Waals surface area contributed by atoms with Gasteiger partial charge >= 0.3 is 0 Å². The molecule has 0 bridgehead atoms. The molecule has 3 N–H and O–H groups in total. The van der Waals surface area contributed by atoms with E-state index in [4.69, 9.17) is 10.5 Å². The van der Waals surface area contributed by atoms with Gasteiger partial charge in [0, 0.05) is 12.2 Å². The van der Waals surface area contributed by atoms with E-state index in [9.17, 15) is 0 Å². The first-order valence-electron chi connectivity index (χ1n) is 8.88. The average Bonchev–Trinajstić information content (AvgIpc) is 2.61. The van der Waals surface area contributed by atoms with Gasteiger partial charge in [0.2, 0.25) is 0 Å². The van der Waals surface area contributed by atoms with Crippen molar-refractivity contribution in [3.8, 4) is 5.75 Å². The number of fused-ring (bicyclic) bond motifs is 1. The summed E-state index contributed by atoms with van der Waals surface area (Å²) < 4.78 is 5.39. The van der Waals surface area contributed by atoms with Crippen LogP contribution in [0.3, 0.4) is 0 Å². The van der Waals surface area contributed by atoms with Gasteiger partial charge in [0.1, 0.15) is 5.75 Å². The average molecular weight is 397 g/mol. The van der Waals surface area contributed by atoms with Crippen LogP contribution in [0.15, 0.2) is 42.5 Å². The fourth-order valence-electron chi connectivity index (χ4n) is 4.00. The van der Waals surface area contributed by atoms with E-state index in [2.05, 4.69) is 41.7 Å². The molecule has 0 aliphatic heterocycles. The van der Waals surface area contributed by atoms with Crippen molar-refractivity contribution in [2.24, 2.45) is 0 Å². The van der Waals surface area contributed by atoms with Gasteiger partial charge < -0.3 is 15.8 Å². The highest BCUT2D eigenvalue weighted by atomic mass is 35.5. The number of halogens is 2. The Morgan fingerprint density at radius 2 is 2.00 bits per heavy atom. The van der Waals surface area contributed by atoms with E-state index in [0.29, 0.717) is 11.8 Å². The first kappa shape index (κ1) is 22.6. The second kappa shape index (κ2) is 10.7. The highest BCUT2D eigenvalue weighted by Gasteiger charge is 2.24. The minimum Gasteiger partial charge on any atom is -0.497 e. The highest BCUT2D eigenvalue weighted by molar-refractivity contribution is 5.85. The molecule has 0 amide bonds. The summed E-state index contributed by atoms with van der Waals surface area (Å²) in [4.78, 5) is 0. The van der Waals surface area contributed by atoms with Crippen molar-refractivity contribution >= 4 is 30.5 Å². The topological polar surface area (TPSA) is 47.3 Å². The first-order chi connectivity index (χ1) is 11.7. The molecule has 0 saturated carbocycles. The molecule has 2 aromatic rings. The van der Waals surface area contributed by atoms with E-state index in [1.165, 1.54) is 29.5 Å². The lowest BCUT2D eigenvalue weighted by atomic mass is 9.76. The van der Waals surface area contributed by atoms with Crippen LogP contribution in [0.5, 0.6) is 5.75 Å². The molecule has 2 atom stereocenters. The van der Waals surface area contributed by atoms with E-state index >= 15 is 0 Å². The zero-order valence-electron chi connectivity index (χ0n) is 15.5. The van der Waals surface area contributed by atoms with Crippen LogP contribution in [0.1, 0.15) is 47.8 Å². The molecular formula is C21H30Cl2N2O.